The first kappa shape index (κ1) is 20.6. The Bertz CT molecular complexity index is 1030. The normalized spacial score (nSPS) is 10.4. The maximum absolute atomic E-state index is 12.7. The minimum absolute atomic E-state index is 0.234. The standard InChI is InChI=1S/C20H14Cl2IN3O2/c21-13-3-5-15(17(22)8-13)20(28)26-18-6-4-14(23)9-16(18)19(27)25-11-12-2-1-7-24-10-12/h1-10H,11H2,(H,25,27)(H,26,28). The molecule has 3 aromatic rings. The number of nitrogens with zero attached hydrogens (tertiary/aromatic N) is 1. The first-order valence-corrected chi connectivity index (χ1v) is 10.0. The number of pyridine rings is 1. The minimum Gasteiger partial charge on any atom is -0.348 e. The number of carbonyl (C=O) groups excluding carboxylic acids is 2. The van der Waals surface area contributed by atoms with Gasteiger partial charge in [-0.2, -0.15) is 0 Å². The van der Waals surface area contributed by atoms with Crippen molar-refractivity contribution in [3.63, 3.8) is 0 Å². The van der Waals surface area contributed by atoms with Gasteiger partial charge in [0, 0.05) is 27.5 Å². The van der Waals surface area contributed by atoms with Crippen molar-refractivity contribution in [2.75, 3.05) is 5.32 Å². The molecule has 0 aliphatic carbocycles. The van der Waals surface area contributed by atoms with Crippen LogP contribution in [0.4, 0.5) is 5.69 Å². The number of anilines is 1. The molecule has 8 heteroatoms. The molecule has 2 aromatic carbocycles. The average Bonchev–Trinajstić information content (AvgIpc) is 2.68. The number of halogens is 3. The zero-order valence-electron chi connectivity index (χ0n) is 14.4. The molecule has 0 atom stereocenters. The predicted octanol–water partition coefficient (Wildman–Crippen LogP) is 5.18. The van der Waals surface area contributed by atoms with E-state index in [1.165, 1.54) is 12.1 Å². The third-order valence-corrected chi connectivity index (χ3v) is 5.04. The second kappa shape index (κ2) is 9.36. The van der Waals surface area contributed by atoms with E-state index in [1.54, 1.807) is 42.7 Å². The van der Waals surface area contributed by atoms with E-state index in [-0.39, 0.29) is 16.5 Å². The van der Waals surface area contributed by atoms with E-state index in [2.05, 4.69) is 38.2 Å². The smallest absolute Gasteiger partial charge is 0.257 e. The number of amides is 2. The number of hydrogen-bond donors (Lipinski definition) is 2. The lowest BCUT2D eigenvalue weighted by Gasteiger charge is -2.13. The number of hydrogen-bond acceptors (Lipinski definition) is 3. The van der Waals surface area contributed by atoms with Crippen LogP contribution in [0, 0.1) is 3.57 Å². The van der Waals surface area contributed by atoms with E-state index in [1.807, 2.05) is 6.07 Å². The van der Waals surface area contributed by atoms with Crippen molar-refractivity contribution in [3.05, 3.63) is 91.2 Å². The Kier molecular flexibility index (Phi) is 6.88. The van der Waals surface area contributed by atoms with Gasteiger partial charge in [0.2, 0.25) is 0 Å². The summed E-state index contributed by atoms with van der Waals surface area (Å²) in [5.41, 5.74) is 1.89. The van der Waals surface area contributed by atoms with Gasteiger partial charge in [-0.25, -0.2) is 0 Å². The van der Waals surface area contributed by atoms with Crippen LogP contribution in [-0.4, -0.2) is 16.8 Å². The first-order valence-electron chi connectivity index (χ1n) is 8.17. The van der Waals surface area contributed by atoms with Crippen LogP contribution in [0.5, 0.6) is 0 Å². The maximum Gasteiger partial charge on any atom is 0.257 e. The average molecular weight is 526 g/mol. The van der Waals surface area contributed by atoms with E-state index in [9.17, 15) is 9.59 Å². The molecule has 0 saturated heterocycles. The molecule has 0 bridgehead atoms. The van der Waals surface area contributed by atoms with Crippen LogP contribution in [0.3, 0.4) is 0 Å². The summed E-state index contributed by atoms with van der Waals surface area (Å²) in [5, 5.41) is 6.26. The van der Waals surface area contributed by atoms with Crippen LogP contribution in [0.15, 0.2) is 60.9 Å². The molecule has 1 aromatic heterocycles. The quantitative estimate of drug-likeness (QED) is 0.451. The Balaban J connectivity index is 1.80. The van der Waals surface area contributed by atoms with Gasteiger partial charge in [0.15, 0.2) is 0 Å². The van der Waals surface area contributed by atoms with Crippen molar-refractivity contribution >= 4 is 63.3 Å². The lowest BCUT2D eigenvalue weighted by Crippen LogP contribution is -2.25. The summed E-state index contributed by atoms with van der Waals surface area (Å²) in [7, 11) is 0. The lowest BCUT2D eigenvalue weighted by molar-refractivity contribution is 0.0951. The molecule has 0 spiro atoms. The highest BCUT2D eigenvalue weighted by molar-refractivity contribution is 14.1. The largest absolute Gasteiger partial charge is 0.348 e. The monoisotopic (exact) mass is 525 g/mol. The van der Waals surface area contributed by atoms with E-state index in [0.717, 1.165) is 9.13 Å². The van der Waals surface area contributed by atoms with Gasteiger partial charge in [-0.15, -0.1) is 0 Å². The predicted molar refractivity (Wildman–Crippen MR) is 119 cm³/mol. The number of benzene rings is 2. The minimum atomic E-state index is -0.427. The summed E-state index contributed by atoms with van der Waals surface area (Å²) in [6.07, 6.45) is 3.35. The van der Waals surface area contributed by atoms with Crippen molar-refractivity contribution in [1.29, 1.82) is 0 Å². The fourth-order valence-corrected chi connectivity index (χ4v) is 3.44. The molecule has 0 fully saturated rings. The highest BCUT2D eigenvalue weighted by Gasteiger charge is 2.17. The third kappa shape index (κ3) is 5.21. The summed E-state index contributed by atoms with van der Waals surface area (Å²) in [4.78, 5) is 29.3. The van der Waals surface area contributed by atoms with Crippen LogP contribution in [-0.2, 0) is 6.54 Å². The SMILES string of the molecule is O=C(Nc1ccc(I)cc1C(=O)NCc1cccnc1)c1ccc(Cl)cc1Cl. The molecule has 0 saturated carbocycles. The van der Waals surface area contributed by atoms with Crippen molar-refractivity contribution in [2.45, 2.75) is 6.54 Å². The summed E-state index contributed by atoms with van der Waals surface area (Å²) in [6, 6.07) is 13.5. The lowest BCUT2D eigenvalue weighted by atomic mass is 10.1. The Labute approximate surface area is 185 Å². The third-order valence-electron chi connectivity index (χ3n) is 3.83. The van der Waals surface area contributed by atoms with E-state index >= 15 is 0 Å². The molecule has 5 nitrogen and oxygen atoms in total. The molecule has 0 aliphatic rings. The summed E-state index contributed by atoms with van der Waals surface area (Å²) < 4.78 is 0.867. The Hall–Kier alpha value is -2.16. The molecule has 28 heavy (non-hydrogen) atoms. The zero-order chi connectivity index (χ0) is 20.1. The first-order chi connectivity index (χ1) is 13.4. The molecule has 0 radical (unpaired) electrons. The summed E-state index contributed by atoms with van der Waals surface area (Å²) in [5.74, 6) is -0.732. The maximum atomic E-state index is 12.7. The topological polar surface area (TPSA) is 71.1 Å². The summed E-state index contributed by atoms with van der Waals surface area (Å²) in [6.45, 7) is 0.328. The van der Waals surface area contributed by atoms with Crippen LogP contribution >= 0.6 is 45.8 Å². The van der Waals surface area contributed by atoms with Gasteiger partial charge in [-0.1, -0.05) is 29.3 Å². The van der Waals surface area contributed by atoms with Gasteiger partial charge in [0.25, 0.3) is 11.8 Å². The van der Waals surface area contributed by atoms with E-state index in [0.29, 0.717) is 22.8 Å². The van der Waals surface area contributed by atoms with E-state index < -0.39 is 5.91 Å². The molecule has 2 amide bonds. The van der Waals surface area contributed by atoms with Gasteiger partial charge in [-0.05, 0) is 70.6 Å². The molecule has 3 rings (SSSR count). The Morgan fingerprint density at radius 3 is 2.54 bits per heavy atom. The van der Waals surface area contributed by atoms with Crippen LogP contribution in [0.2, 0.25) is 10.0 Å². The Morgan fingerprint density at radius 1 is 1.00 bits per heavy atom. The fraction of sp³-hybridized carbons (Fsp3) is 0.0500. The molecule has 0 aliphatic heterocycles. The van der Waals surface area contributed by atoms with Crippen molar-refractivity contribution in [2.24, 2.45) is 0 Å². The molecular weight excluding hydrogens is 512 g/mol. The molecule has 142 valence electrons. The molecule has 0 unspecified atom stereocenters. The van der Waals surface area contributed by atoms with Gasteiger partial charge < -0.3 is 10.6 Å². The van der Waals surface area contributed by atoms with Crippen molar-refractivity contribution in [1.82, 2.24) is 10.3 Å². The van der Waals surface area contributed by atoms with Gasteiger partial charge >= 0.3 is 0 Å². The second-order valence-corrected chi connectivity index (χ2v) is 7.90. The van der Waals surface area contributed by atoms with Gasteiger partial charge in [-0.3, -0.25) is 14.6 Å². The number of nitrogens with one attached hydrogen (secondary N) is 2. The fourth-order valence-electron chi connectivity index (χ4n) is 2.46. The molecular formula is C20H14Cl2IN3O2. The van der Waals surface area contributed by atoms with Crippen LogP contribution in [0.25, 0.3) is 0 Å². The molecule has 1 heterocycles. The Morgan fingerprint density at radius 2 is 1.82 bits per heavy atom. The van der Waals surface area contributed by atoms with Crippen molar-refractivity contribution in [3.8, 4) is 0 Å². The van der Waals surface area contributed by atoms with Crippen LogP contribution < -0.4 is 10.6 Å². The van der Waals surface area contributed by atoms with Crippen molar-refractivity contribution < 1.29 is 9.59 Å². The number of rotatable bonds is 5. The number of aromatic nitrogens is 1. The second-order valence-electron chi connectivity index (χ2n) is 5.81. The highest BCUT2D eigenvalue weighted by Crippen LogP contribution is 2.24. The highest BCUT2D eigenvalue weighted by atomic mass is 127. The summed E-state index contributed by atoms with van der Waals surface area (Å²) >= 11 is 14.1. The number of carbonyl (C=O) groups is 2. The van der Waals surface area contributed by atoms with E-state index in [4.69, 9.17) is 23.2 Å². The molecule has 2 N–H and O–H groups in total. The van der Waals surface area contributed by atoms with Crippen LogP contribution in [0.1, 0.15) is 26.3 Å². The zero-order valence-corrected chi connectivity index (χ0v) is 18.0. The van der Waals surface area contributed by atoms with Gasteiger partial charge in [0.05, 0.1) is 21.8 Å². The van der Waals surface area contributed by atoms with Gasteiger partial charge in [0.1, 0.15) is 0 Å².